The molecule has 0 atom stereocenters. The molecule has 0 bridgehead atoms. The lowest BCUT2D eigenvalue weighted by molar-refractivity contribution is 0.102. The van der Waals surface area contributed by atoms with Gasteiger partial charge in [0, 0.05) is 23.3 Å². The normalized spacial score (nSPS) is 11.1. The van der Waals surface area contributed by atoms with Crippen LogP contribution >= 0.6 is 22.9 Å². The number of anilines is 1. The lowest BCUT2D eigenvalue weighted by atomic mass is 10.1. The smallest absolute Gasteiger partial charge is 0.269 e. The number of rotatable bonds is 5. The monoisotopic (exact) mass is 369 g/mol. The summed E-state index contributed by atoms with van der Waals surface area (Å²) in [4.78, 5) is 18.8. The van der Waals surface area contributed by atoms with E-state index in [1.807, 2.05) is 46.4 Å². The number of fused-ring (bicyclic) bond motifs is 1. The van der Waals surface area contributed by atoms with Crippen molar-refractivity contribution in [2.45, 2.75) is 19.8 Å². The van der Waals surface area contributed by atoms with Crippen LogP contribution in [0, 0.1) is 0 Å². The Hall–Kier alpha value is -2.58. The van der Waals surface area contributed by atoms with Crippen molar-refractivity contribution >= 4 is 39.4 Å². The quantitative estimate of drug-likeness (QED) is 0.574. The molecule has 0 aliphatic heterocycles. The Morgan fingerprint density at radius 1 is 1.32 bits per heavy atom. The fourth-order valence-corrected chi connectivity index (χ4v) is 3.94. The van der Waals surface area contributed by atoms with Gasteiger partial charge in [-0.1, -0.05) is 36.0 Å². The number of thiazole rings is 1. The van der Waals surface area contributed by atoms with Gasteiger partial charge in [-0.3, -0.25) is 9.20 Å². The highest BCUT2D eigenvalue weighted by atomic mass is 32.1. The minimum Gasteiger partial charge on any atom is -0.321 e. The second-order valence-electron chi connectivity index (χ2n) is 5.52. The molecule has 0 fully saturated rings. The van der Waals surface area contributed by atoms with Gasteiger partial charge in [0.05, 0.1) is 17.1 Å². The number of aryl methyl sites for hydroxylation is 1. The van der Waals surface area contributed by atoms with Crippen molar-refractivity contribution in [2.75, 3.05) is 5.32 Å². The summed E-state index contributed by atoms with van der Waals surface area (Å²) in [6.07, 6.45) is 5.61. The van der Waals surface area contributed by atoms with E-state index in [9.17, 15) is 4.79 Å². The van der Waals surface area contributed by atoms with Crippen molar-refractivity contribution in [3.8, 4) is 11.3 Å². The van der Waals surface area contributed by atoms with Gasteiger partial charge in [-0.15, -0.1) is 16.4 Å². The Labute approximate surface area is 152 Å². The summed E-state index contributed by atoms with van der Waals surface area (Å²) < 4.78 is 5.90. The van der Waals surface area contributed by atoms with Crippen molar-refractivity contribution in [3.05, 3.63) is 52.6 Å². The Kier molecular flexibility index (Phi) is 4.29. The van der Waals surface area contributed by atoms with E-state index in [-0.39, 0.29) is 5.91 Å². The van der Waals surface area contributed by atoms with Gasteiger partial charge < -0.3 is 5.32 Å². The summed E-state index contributed by atoms with van der Waals surface area (Å²) in [6.45, 7) is 2.06. The first-order valence-electron chi connectivity index (χ1n) is 7.90. The molecule has 25 heavy (non-hydrogen) atoms. The number of carbonyl (C=O) groups excluding carboxylic acids is 1. The highest BCUT2D eigenvalue weighted by molar-refractivity contribution is 7.15. The van der Waals surface area contributed by atoms with E-state index in [4.69, 9.17) is 0 Å². The molecule has 1 aromatic carbocycles. The van der Waals surface area contributed by atoms with Crippen molar-refractivity contribution in [3.63, 3.8) is 0 Å². The van der Waals surface area contributed by atoms with E-state index in [0.717, 1.165) is 52.0 Å². The molecule has 0 saturated carbocycles. The van der Waals surface area contributed by atoms with Crippen LogP contribution in [0.15, 0.2) is 42.0 Å². The number of benzene rings is 1. The Morgan fingerprint density at radius 3 is 3.04 bits per heavy atom. The highest BCUT2D eigenvalue weighted by Gasteiger charge is 2.18. The molecule has 3 aromatic heterocycles. The molecule has 1 N–H and O–H groups in total. The number of carbonyl (C=O) groups is 1. The number of para-hydroxylation sites is 1. The number of amides is 1. The molecule has 4 aromatic rings. The second kappa shape index (κ2) is 6.73. The summed E-state index contributed by atoms with van der Waals surface area (Å²) in [5.41, 5.74) is 3.21. The maximum absolute atomic E-state index is 12.7. The van der Waals surface area contributed by atoms with Crippen LogP contribution in [-0.4, -0.2) is 24.9 Å². The number of nitrogens with zero attached hydrogens (tertiary/aromatic N) is 4. The first-order valence-corrected chi connectivity index (χ1v) is 9.55. The third-order valence-corrected chi connectivity index (χ3v) is 5.33. The van der Waals surface area contributed by atoms with Crippen LogP contribution in [0.3, 0.4) is 0 Å². The van der Waals surface area contributed by atoms with Crippen LogP contribution in [0.4, 0.5) is 5.69 Å². The standard InChI is InChI=1S/C17H15N5OS2/c1-2-5-13-15(25-21-20-13)16(23)18-12-7-4-3-6-11(12)14-10-22-8-9-24-17(22)19-14/h3-4,6-10H,2,5H2,1H3,(H,18,23). The lowest BCUT2D eigenvalue weighted by Gasteiger charge is -2.09. The molecule has 0 unspecified atom stereocenters. The van der Waals surface area contributed by atoms with Crippen molar-refractivity contribution in [2.24, 2.45) is 0 Å². The van der Waals surface area contributed by atoms with Gasteiger partial charge in [0.2, 0.25) is 0 Å². The predicted octanol–water partition coefficient (Wildman–Crippen LogP) is 4.12. The van der Waals surface area contributed by atoms with E-state index >= 15 is 0 Å². The fourth-order valence-electron chi connectivity index (χ4n) is 2.63. The zero-order valence-electron chi connectivity index (χ0n) is 13.5. The Bertz CT molecular complexity index is 1000. The largest absolute Gasteiger partial charge is 0.321 e. The number of nitrogens with one attached hydrogen (secondary N) is 1. The van der Waals surface area contributed by atoms with E-state index in [1.165, 1.54) is 0 Å². The van der Waals surface area contributed by atoms with E-state index in [1.54, 1.807) is 11.3 Å². The minimum absolute atomic E-state index is 0.174. The lowest BCUT2D eigenvalue weighted by Crippen LogP contribution is -2.13. The molecule has 0 saturated heterocycles. The maximum atomic E-state index is 12.7. The van der Waals surface area contributed by atoms with Gasteiger partial charge in [-0.2, -0.15) is 0 Å². The SMILES string of the molecule is CCCc1nnsc1C(=O)Nc1ccccc1-c1cn2ccsc2n1. The molecule has 1 amide bonds. The first kappa shape index (κ1) is 15.9. The van der Waals surface area contributed by atoms with E-state index < -0.39 is 0 Å². The molecule has 0 spiro atoms. The molecule has 126 valence electrons. The van der Waals surface area contributed by atoms with Gasteiger partial charge in [0.15, 0.2) is 4.96 Å². The van der Waals surface area contributed by atoms with Gasteiger partial charge in [0.1, 0.15) is 4.88 Å². The van der Waals surface area contributed by atoms with Gasteiger partial charge in [-0.25, -0.2) is 4.98 Å². The Morgan fingerprint density at radius 2 is 2.20 bits per heavy atom. The second-order valence-corrected chi connectivity index (χ2v) is 7.14. The van der Waals surface area contributed by atoms with Crippen LogP contribution < -0.4 is 5.32 Å². The summed E-state index contributed by atoms with van der Waals surface area (Å²) in [5.74, 6) is -0.174. The summed E-state index contributed by atoms with van der Waals surface area (Å²) in [7, 11) is 0. The molecule has 4 rings (SSSR count). The maximum Gasteiger partial charge on any atom is 0.269 e. The van der Waals surface area contributed by atoms with E-state index in [0.29, 0.717) is 4.88 Å². The summed E-state index contributed by atoms with van der Waals surface area (Å²) in [6, 6.07) is 7.68. The van der Waals surface area contributed by atoms with Crippen molar-refractivity contribution in [1.29, 1.82) is 0 Å². The number of imidazole rings is 1. The summed E-state index contributed by atoms with van der Waals surface area (Å²) >= 11 is 2.71. The molecule has 0 aliphatic rings. The molecular weight excluding hydrogens is 354 g/mol. The molecule has 6 nitrogen and oxygen atoms in total. The molecule has 3 heterocycles. The van der Waals surface area contributed by atoms with Crippen molar-refractivity contribution < 1.29 is 4.79 Å². The van der Waals surface area contributed by atoms with Crippen LogP contribution in [0.5, 0.6) is 0 Å². The minimum atomic E-state index is -0.174. The van der Waals surface area contributed by atoms with Crippen LogP contribution in [0.25, 0.3) is 16.2 Å². The van der Waals surface area contributed by atoms with Crippen molar-refractivity contribution in [1.82, 2.24) is 19.0 Å². The third kappa shape index (κ3) is 3.06. The predicted molar refractivity (Wildman–Crippen MR) is 100 cm³/mol. The number of hydrogen-bond donors (Lipinski definition) is 1. The van der Waals surface area contributed by atoms with Crippen LogP contribution in [-0.2, 0) is 6.42 Å². The fraction of sp³-hybridized carbons (Fsp3) is 0.176. The highest BCUT2D eigenvalue weighted by Crippen LogP contribution is 2.29. The van der Waals surface area contributed by atoms with Gasteiger partial charge >= 0.3 is 0 Å². The first-order chi connectivity index (χ1) is 12.3. The van der Waals surface area contributed by atoms with Gasteiger partial charge in [-0.05, 0) is 24.0 Å². The molecular formula is C17H15N5OS2. The van der Waals surface area contributed by atoms with Crippen LogP contribution in [0.1, 0.15) is 28.7 Å². The average Bonchev–Trinajstić information content (AvgIpc) is 3.31. The zero-order chi connectivity index (χ0) is 17.2. The molecule has 8 heteroatoms. The van der Waals surface area contributed by atoms with Crippen LogP contribution in [0.2, 0.25) is 0 Å². The number of aromatic nitrogens is 4. The van der Waals surface area contributed by atoms with E-state index in [2.05, 4.69) is 26.8 Å². The topological polar surface area (TPSA) is 72.2 Å². The number of hydrogen-bond acceptors (Lipinski definition) is 6. The zero-order valence-corrected chi connectivity index (χ0v) is 15.1. The third-order valence-electron chi connectivity index (χ3n) is 3.79. The van der Waals surface area contributed by atoms with Gasteiger partial charge in [0.25, 0.3) is 5.91 Å². The Balaban J connectivity index is 1.66. The molecule has 0 aliphatic carbocycles. The molecule has 0 radical (unpaired) electrons. The average molecular weight is 369 g/mol. The summed E-state index contributed by atoms with van der Waals surface area (Å²) in [5, 5.41) is 9.05.